The van der Waals surface area contributed by atoms with Crippen LogP contribution in [0.1, 0.15) is 27.0 Å². The third-order valence-electron chi connectivity index (χ3n) is 3.42. The Hall–Kier alpha value is -2.48. The Balaban J connectivity index is 2.07. The molecule has 0 saturated carbocycles. The number of thiophene rings is 1. The van der Waals surface area contributed by atoms with E-state index in [1.807, 2.05) is 0 Å². The number of benzene rings is 1. The maximum absolute atomic E-state index is 12.4. The molecule has 0 aliphatic rings. The van der Waals surface area contributed by atoms with Crippen LogP contribution in [0.25, 0.3) is 0 Å². The Labute approximate surface area is 147 Å². The van der Waals surface area contributed by atoms with Crippen LogP contribution in [0.4, 0.5) is 14.5 Å². The molecule has 1 unspecified atom stereocenters. The van der Waals surface area contributed by atoms with Gasteiger partial charge in [-0.25, -0.2) is 0 Å². The number of aliphatic carboxylic acids is 1. The lowest BCUT2D eigenvalue weighted by atomic mass is 10.0. The van der Waals surface area contributed by atoms with Crippen molar-refractivity contribution in [1.29, 1.82) is 0 Å². The van der Waals surface area contributed by atoms with Gasteiger partial charge in [-0.05, 0) is 37.1 Å². The molecule has 1 aromatic heterocycles. The third-order valence-corrected chi connectivity index (χ3v) is 4.45. The molecular weight excluding hydrogens is 352 g/mol. The zero-order valence-corrected chi connectivity index (χ0v) is 14.4. The van der Waals surface area contributed by atoms with Gasteiger partial charge in [-0.2, -0.15) is 8.78 Å². The maximum atomic E-state index is 12.4. The summed E-state index contributed by atoms with van der Waals surface area (Å²) in [7, 11) is 0. The molecule has 0 fully saturated rings. The quantitative estimate of drug-likeness (QED) is 0.768. The summed E-state index contributed by atoms with van der Waals surface area (Å²) < 4.78 is 29.2. The number of alkyl halides is 2. The van der Waals surface area contributed by atoms with Crippen LogP contribution in [0.2, 0.25) is 0 Å². The second-order valence-electron chi connectivity index (χ2n) is 5.52. The summed E-state index contributed by atoms with van der Waals surface area (Å²) in [6.07, 6.45) is 0.375. The molecule has 25 heavy (non-hydrogen) atoms. The Bertz CT molecular complexity index is 759. The van der Waals surface area contributed by atoms with Gasteiger partial charge in [0.15, 0.2) is 0 Å². The number of ether oxygens (including phenoxy) is 1. The molecule has 134 valence electrons. The van der Waals surface area contributed by atoms with Crippen molar-refractivity contribution in [2.24, 2.45) is 5.92 Å². The number of amides is 1. The fourth-order valence-electron chi connectivity index (χ4n) is 2.19. The number of aryl methyl sites for hydroxylation is 1. The molecule has 1 atom stereocenters. The second-order valence-corrected chi connectivity index (χ2v) is 6.78. The topological polar surface area (TPSA) is 75.6 Å². The van der Waals surface area contributed by atoms with Crippen molar-refractivity contribution in [3.8, 4) is 5.75 Å². The number of nitrogens with one attached hydrogen (secondary N) is 1. The monoisotopic (exact) mass is 369 g/mol. The minimum absolute atomic E-state index is 0.0707. The van der Waals surface area contributed by atoms with Gasteiger partial charge in [0.25, 0.3) is 5.91 Å². The molecule has 1 heterocycles. The summed E-state index contributed by atoms with van der Waals surface area (Å²) in [6.45, 7) is 0.302. The number of hydrogen-bond acceptors (Lipinski definition) is 4. The molecule has 0 radical (unpaired) electrons. The van der Waals surface area contributed by atoms with Crippen molar-refractivity contribution in [2.75, 3.05) is 5.32 Å². The minimum Gasteiger partial charge on any atom is -0.481 e. The zero-order valence-electron chi connectivity index (χ0n) is 13.6. The maximum Gasteiger partial charge on any atom is 0.387 e. The normalized spacial score (nSPS) is 12.0. The largest absolute Gasteiger partial charge is 0.481 e. The first-order chi connectivity index (χ1) is 11.8. The molecule has 0 bridgehead atoms. The fraction of sp³-hybridized carbons (Fsp3) is 0.294. The van der Waals surface area contributed by atoms with Crippen molar-refractivity contribution < 1.29 is 28.2 Å². The van der Waals surface area contributed by atoms with Crippen LogP contribution in [-0.2, 0) is 11.2 Å². The molecule has 1 amide bonds. The van der Waals surface area contributed by atoms with E-state index in [-0.39, 0.29) is 10.6 Å². The standard InChI is InChI=1S/C17H17F2NO4S/c1-9(16(22)23)7-11-3-5-12(6-4-11)20-15(21)14-13(24-17(18)19)8-10(2)25-14/h3-6,8-9,17H,7H2,1-2H3,(H,20,21)(H,22,23). The van der Waals surface area contributed by atoms with Gasteiger partial charge in [0.1, 0.15) is 10.6 Å². The van der Waals surface area contributed by atoms with E-state index in [2.05, 4.69) is 10.1 Å². The summed E-state index contributed by atoms with van der Waals surface area (Å²) in [5.74, 6) is -2.08. The first-order valence-electron chi connectivity index (χ1n) is 7.44. The van der Waals surface area contributed by atoms with E-state index in [0.29, 0.717) is 17.0 Å². The van der Waals surface area contributed by atoms with Crippen molar-refractivity contribution >= 4 is 28.9 Å². The number of carboxylic acids is 1. The molecule has 0 saturated heterocycles. The number of halogens is 2. The molecule has 2 aromatic rings. The predicted molar refractivity (Wildman–Crippen MR) is 90.6 cm³/mol. The van der Waals surface area contributed by atoms with Gasteiger partial charge in [0.2, 0.25) is 0 Å². The molecular formula is C17H17F2NO4S. The average molecular weight is 369 g/mol. The minimum atomic E-state index is -3.00. The molecule has 0 aliphatic heterocycles. The van der Waals surface area contributed by atoms with Crippen molar-refractivity contribution in [1.82, 2.24) is 0 Å². The Morgan fingerprint density at radius 1 is 1.28 bits per heavy atom. The summed E-state index contributed by atoms with van der Waals surface area (Å²) in [6, 6.07) is 8.09. The van der Waals surface area contributed by atoms with Crippen LogP contribution in [-0.4, -0.2) is 23.6 Å². The lowest BCUT2D eigenvalue weighted by molar-refractivity contribution is -0.141. The first-order valence-corrected chi connectivity index (χ1v) is 8.26. The first kappa shape index (κ1) is 18.9. The van der Waals surface area contributed by atoms with E-state index in [4.69, 9.17) is 5.11 Å². The number of carbonyl (C=O) groups is 2. The highest BCUT2D eigenvalue weighted by atomic mass is 32.1. The molecule has 0 spiro atoms. The number of hydrogen-bond donors (Lipinski definition) is 2. The van der Waals surface area contributed by atoms with Gasteiger partial charge < -0.3 is 15.2 Å². The summed E-state index contributed by atoms with van der Waals surface area (Å²) in [5, 5.41) is 11.5. The Kier molecular flexibility index (Phi) is 6.08. The smallest absolute Gasteiger partial charge is 0.387 e. The molecule has 1 aromatic carbocycles. The van der Waals surface area contributed by atoms with E-state index in [9.17, 15) is 18.4 Å². The van der Waals surface area contributed by atoms with E-state index in [1.54, 1.807) is 38.1 Å². The predicted octanol–water partition coefficient (Wildman–Crippen LogP) is 4.17. The van der Waals surface area contributed by atoms with Crippen LogP contribution < -0.4 is 10.1 Å². The highest BCUT2D eigenvalue weighted by Gasteiger charge is 2.19. The van der Waals surface area contributed by atoms with Crippen LogP contribution in [0.3, 0.4) is 0 Å². The Morgan fingerprint density at radius 2 is 1.92 bits per heavy atom. The van der Waals surface area contributed by atoms with Crippen molar-refractivity contribution in [3.63, 3.8) is 0 Å². The van der Waals surface area contributed by atoms with Crippen LogP contribution in [0.5, 0.6) is 5.75 Å². The number of carbonyl (C=O) groups excluding carboxylic acids is 1. The molecule has 2 rings (SSSR count). The molecule has 5 nitrogen and oxygen atoms in total. The van der Waals surface area contributed by atoms with Crippen molar-refractivity contribution in [3.05, 3.63) is 45.6 Å². The van der Waals surface area contributed by atoms with Crippen LogP contribution >= 0.6 is 11.3 Å². The van der Waals surface area contributed by atoms with E-state index in [1.165, 1.54) is 6.07 Å². The summed E-state index contributed by atoms with van der Waals surface area (Å²) in [5.41, 5.74) is 1.30. The molecule has 2 N–H and O–H groups in total. The number of carboxylic acid groups (broad SMARTS) is 1. The van der Waals surface area contributed by atoms with Gasteiger partial charge in [-0.15, -0.1) is 11.3 Å². The van der Waals surface area contributed by atoms with E-state index >= 15 is 0 Å². The van der Waals surface area contributed by atoms with Gasteiger partial charge in [0, 0.05) is 10.6 Å². The second kappa shape index (κ2) is 8.06. The number of anilines is 1. The van der Waals surface area contributed by atoms with Gasteiger partial charge in [-0.1, -0.05) is 19.1 Å². The van der Waals surface area contributed by atoms with E-state index < -0.39 is 24.4 Å². The van der Waals surface area contributed by atoms with E-state index in [0.717, 1.165) is 16.9 Å². The lowest BCUT2D eigenvalue weighted by Crippen LogP contribution is -2.13. The zero-order chi connectivity index (χ0) is 18.6. The van der Waals surface area contributed by atoms with Crippen molar-refractivity contribution in [2.45, 2.75) is 26.9 Å². The number of rotatable bonds is 7. The highest BCUT2D eigenvalue weighted by Crippen LogP contribution is 2.31. The molecule has 8 heteroatoms. The third kappa shape index (κ3) is 5.25. The van der Waals surface area contributed by atoms with Crippen LogP contribution in [0.15, 0.2) is 30.3 Å². The van der Waals surface area contributed by atoms with Gasteiger partial charge in [-0.3, -0.25) is 9.59 Å². The highest BCUT2D eigenvalue weighted by molar-refractivity contribution is 7.14. The average Bonchev–Trinajstić information content (AvgIpc) is 2.88. The fourth-order valence-corrected chi connectivity index (χ4v) is 3.02. The van der Waals surface area contributed by atoms with Gasteiger partial charge >= 0.3 is 12.6 Å². The lowest BCUT2D eigenvalue weighted by Gasteiger charge is -2.09. The summed E-state index contributed by atoms with van der Waals surface area (Å²) >= 11 is 1.06. The van der Waals surface area contributed by atoms with Crippen LogP contribution in [0, 0.1) is 12.8 Å². The Morgan fingerprint density at radius 3 is 2.48 bits per heavy atom. The van der Waals surface area contributed by atoms with Gasteiger partial charge in [0.05, 0.1) is 5.92 Å². The SMILES string of the molecule is Cc1cc(OC(F)F)c(C(=O)Nc2ccc(CC(C)C(=O)O)cc2)s1. The molecule has 0 aliphatic carbocycles. The summed E-state index contributed by atoms with van der Waals surface area (Å²) in [4.78, 5) is 23.9.